The number of fused-ring (bicyclic) bond motifs is 1. The van der Waals surface area contributed by atoms with Crippen LogP contribution >= 0.6 is 0 Å². The Hall–Kier alpha value is -3.40. The first-order chi connectivity index (χ1) is 14.7. The van der Waals surface area contributed by atoms with E-state index in [2.05, 4.69) is 87.9 Å². The summed E-state index contributed by atoms with van der Waals surface area (Å²) >= 11 is 0. The van der Waals surface area contributed by atoms with Gasteiger partial charge in [-0.15, -0.1) is 0 Å². The Labute approximate surface area is 177 Å². The van der Waals surface area contributed by atoms with E-state index in [1.807, 2.05) is 13.3 Å². The number of hydrogen-bond acceptors (Lipinski definition) is 2. The van der Waals surface area contributed by atoms with Crippen LogP contribution in [0.4, 0.5) is 0 Å². The highest BCUT2D eigenvalue weighted by Crippen LogP contribution is 2.29. The standard InChI is InChI=1S/C26H26N4/c1-19-16-21(11-13-23(19)29-17-20(2)27-18-29)12-14-25-28-26(22-8-4-3-5-9-22)24-10-6-7-15-30(24)25/h3-5,8-9,11-14,16-18H,6-7,10,15H2,1-2H3/b14-12+. The molecule has 0 bridgehead atoms. The first kappa shape index (κ1) is 18.6. The van der Waals surface area contributed by atoms with Crippen LogP contribution in [0.15, 0.2) is 61.1 Å². The molecule has 0 radical (unpaired) electrons. The van der Waals surface area contributed by atoms with Gasteiger partial charge in [-0.2, -0.15) is 0 Å². The van der Waals surface area contributed by atoms with Gasteiger partial charge in [0.15, 0.2) is 0 Å². The van der Waals surface area contributed by atoms with Crippen molar-refractivity contribution in [3.05, 3.63) is 89.4 Å². The summed E-state index contributed by atoms with van der Waals surface area (Å²) in [7, 11) is 0. The summed E-state index contributed by atoms with van der Waals surface area (Å²) in [6.07, 6.45) is 11.8. The second-order valence-electron chi connectivity index (χ2n) is 8.04. The zero-order valence-electron chi connectivity index (χ0n) is 17.5. The summed E-state index contributed by atoms with van der Waals surface area (Å²) in [6.45, 7) is 5.21. The second kappa shape index (κ2) is 7.79. The summed E-state index contributed by atoms with van der Waals surface area (Å²) in [5.74, 6) is 1.05. The Bertz CT molecular complexity index is 1210. The normalized spacial score (nSPS) is 13.7. The van der Waals surface area contributed by atoms with Gasteiger partial charge in [0, 0.05) is 29.7 Å². The van der Waals surface area contributed by atoms with E-state index in [4.69, 9.17) is 4.98 Å². The number of nitrogens with zero attached hydrogens (tertiary/aromatic N) is 4. The first-order valence-corrected chi connectivity index (χ1v) is 10.6. The van der Waals surface area contributed by atoms with Gasteiger partial charge >= 0.3 is 0 Å². The number of rotatable bonds is 4. The molecule has 0 amide bonds. The number of hydrogen-bond donors (Lipinski definition) is 0. The van der Waals surface area contributed by atoms with Crippen LogP contribution in [0.5, 0.6) is 0 Å². The topological polar surface area (TPSA) is 35.6 Å². The summed E-state index contributed by atoms with van der Waals surface area (Å²) in [6, 6.07) is 17.1. The molecule has 3 heterocycles. The lowest BCUT2D eigenvalue weighted by molar-refractivity contribution is 0.530. The summed E-state index contributed by atoms with van der Waals surface area (Å²) in [5, 5.41) is 0. The van der Waals surface area contributed by atoms with Gasteiger partial charge in [0.1, 0.15) is 5.82 Å². The van der Waals surface area contributed by atoms with Gasteiger partial charge in [-0.05, 0) is 62.4 Å². The largest absolute Gasteiger partial charge is 0.328 e. The van der Waals surface area contributed by atoms with Crippen molar-refractivity contribution in [2.75, 3.05) is 0 Å². The monoisotopic (exact) mass is 394 g/mol. The van der Waals surface area contributed by atoms with Gasteiger partial charge in [0.2, 0.25) is 0 Å². The lowest BCUT2D eigenvalue weighted by atomic mass is 10.0. The fourth-order valence-electron chi connectivity index (χ4n) is 4.32. The van der Waals surface area contributed by atoms with Crippen molar-refractivity contribution in [3.63, 3.8) is 0 Å². The Kier molecular flexibility index (Phi) is 4.83. The third-order valence-corrected chi connectivity index (χ3v) is 5.83. The molecule has 2 aromatic heterocycles. The van der Waals surface area contributed by atoms with Gasteiger partial charge in [-0.25, -0.2) is 9.97 Å². The van der Waals surface area contributed by atoms with E-state index in [1.54, 1.807) is 0 Å². The summed E-state index contributed by atoms with van der Waals surface area (Å²) in [5.41, 5.74) is 8.31. The average Bonchev–Trinajstić information content (AvgIpc) is 3.37. The second-order valence-corrected chi connectivity index (χ2v) is 8.04. The lowest BCUT2D eigenvalue weighted by Gasteiger charge is -2.16. The molecule has 0 unspecified atom stereocenters. The van der Waals surface area contributed by atoms with Crippen molar-refractivity contribution >= 4 is 12.2 Å². The van der Waals surface area contributed by atoms with Crippen molar-refractivity contribution in [2.45, 2.75) is 39.7 Å². The minimum atomic E-state index is 1.02. The minimum Gasteiger partial charge on any atom is -0.328 e. The molecular weight excluding hydrogens is 368 g/mol. The molecule has 0 saturated carbocycles. The molecule has 0 saturated heterocycles. The average molecular weight is 395 g/mol. The number of aryl methyl sites for hydroxylation is 2. The molecule has 2 aromatic carbocycles. The molecule has 1 aliphatic rings. The predicted molar refractivity (Wildman–Crippen MR) is 123 cm³/mol. The van der Waals surface area contributed by atoms with Gasteiger partial charge in [0.25, 0.3) is 0 Å². The van der Waals surface area contributed by atoms with Gasteiger partial charge < -0.3 is 9.13 Å². The van der Waals surface area contributed by atoms with Crippen LogP contribution in [0.3, 0.4) is 0 Å². The van der Waals surface area contributed by atoms with Crippen molar-refractivity contribution in [1.82, 2.24) is 19.1 Å². The Morgan fingerprint density at radius 2 is 1.83 bits per heavy atom. The van der Waals surface area contributed by atoms with Crippen LogP contribution in [0.2, 0.25) is 0 Å². The molecule has 0 aliphatic carbocycles. The molecule has 0 atom stereocenters. The summed E-state index contributed by atoms with van der Waals surface area (Å²) < 4.78 is 4.48. The lowest BCUT2D eigenvalue weighted by Crippen LogP contribution is -2.11. The number of benzene rings is 2. The highest BCUT2D eigenvalue weighted by Gasteiger charge is 2.19. The maximum Gasteiger partial charge on any atom is 0.133 e. The fourth-order valence-corrected chi connectivity index (χ4v) is 4.32. The summed E-state index contributed by atoms with van der Waals surface area (Å²) in [4.78, 5) is 9.37. The number of imidazole rings is 2. The van der Waals surface area contributed by atoms with E-state index in [1.165, 1.54) is 35.2 Å². The van der Waals surface area contributed by atoms with Crippen molar-refractivity contribution in [1.29, 1.82) is 0 Å². The van der Waals surface area contributed by atoms with E-state index in [-0.39, 0.29) is 0 Å². The molecule has 1 aliphatic heterocycles. The van der Waals surface area contributed by atoms with Crippen LogP contribution in [0.1, 0.15) is 41.2 Å². The Morgan fingerprint density at radius 1 is 0.967 bits per heavy atom. The van der Waals surface area contributed by atoms with Gasteiger partial charge in [-0.3, -0.25) is 0 Å². The molecule has 4 heteroatoms. The van der Waals surface area contributed by atoms with Crippen molar-refractivity contribution < 1.29 is 0 Å². The first-order valence-electron chi connectivity index (χ1n) is 10.6. The molecule has 0 N–H and O–H groups in total. The maximum absolute atomic E-state index is 5.03. The highest BCUT2D eigenvalue weighted by atomic mass is 15.1. The molecule has 5 rings (SSSR count). The van der Waals surface area contributed by atoms with Crippen molar-refractivity contribution in [3.8, 4) is 16.9 Å². The quantitative estimate of drug-likeness (QED) is 0.435. The van der Waals surface area contributed by atoms with Crippen molar-refractivity contribution in [2.24, 2.45) is 0 Å². The van der Waals surface area contributed by atoms with Crippen LogP contribution in [0.25, 0.3) is 29.1 Å². The van der Waals surface area contributed by atoms with Crippen LogP contribution in [-0.2, 0) is 13.0 Å². The fraction of sp³-hybridized carbons (Fsp3) is 0.231. The van der Waals surface area contributed by atoms with E-state index < -0.39 is 0 Å². The Balaban J connectivity index is 1.47. The third-order valence-electron chi connectivity index (χ3n) is 5.83. The maximum atomic E-state index is 5.03. The Morgan fingerprint density at radius 3 is 2.60 bits per heavy atom. The zero-order chi connectivity index (χ0) is 20.5. The predicted octanol–water partition coefficient (Wildman–Crippen LogP) is 5.86. The van der Waals surface area contributed by atoms with Gasteiger partial charge in [0.05, 0.1) is 17.7 Å². The van der Waals surface area contributed by atoms with Crippen LogP contribution in [0, 0.1) is 13.8 Å². The van der Waals surface area contributed by atoms with E-state index in [9.17, 15) is 0 Å². The molecule has 0 fully saturated rings. The van der Waals surface area contributed by atoms with E-state index >= 15 is 0 Å². The molecular formula is C26H26N4. The third kappa shape index (κ3) is 3.50. The van der Waals surface area contributed by atoms with Gasteiger partial charge in [-0.1, -0.05) is 42.5 Å². The molecule has 4 nitrogen and oxygen atoms in total. The molecule has 4 aromatic rings. The SMILES string of the molecule is Cc1cn(-c2ccc(/C=C/c3nc(-c4ccccc4)c4n3CCCC4)cc2C)cn1. The van der Waals surface area contributed by atoms with E-state index in [0.717, 1.165) is 35.9 Å². The molecule has 30 heavy (non-hydrogen) atoms. The molecule has 150 valence electrons. The van der Waals surface area contributed by atoms with Crippen LogP contribution in [-0.4, -0.2) is 19.1 Å². The highest BCUT2D eigenvalue weighted by molar-refractivity contribution is 5.71. The van der Waals surface area contributed by atoms with Crippen LogP contribution < -0.4 is 0 Å². The smallest absolute Gasteiger partial charge is 0.133 e. The van der Waals surface area contributed by atoms with E-state index in [0.29, 0.717) is 0 Å². The number of aromatic nitrogens is 4. The zero-order valence-corrected chi connectivity index (χ0v) is 17.5. The molecule has 0 spiro atoms. The minimum absolute atomic E-state index is 1.02.